The molecule has 0 aromatic rings. The fourth-order valence-electron chi connectivity index (χ4n) is 3.06. The molecule has 0 amide bonds. The lowest BCUT2D eigenvalue weighted by molar-refractivity contribution is -0.150. The first kappa shape index (κ1) is 26.4. The highest BCUT2D eigenvalue weighted by atomic mass is 19.2. The molecule has 1 saturated carbocycles. The Bertz CT molecular complexity index is 535. The smallest absolute Gasteiger partial charge is 0.370 e. The van der Waals surface area contributed by atoms with Crippen molar-refractivity contribution in [1.82, 2.24) is 0 Å². The highest BCUT2D eigenvalue weighted by Crippen LogP contribution is 2.33. The van der Waals surface area contributed by atoms with E-state index >= 15 is 0 Å². The number of hydrogen-bond donors (Lipinski definition) is 0. The van der Waals surface area contributed by atoms with Crippen molar-refractivity contribution in [3.05, 3.63) is 11.7 Å². The number of hydrogen-bond acceptors (Lipinski definition) is 3. The molecule has 1 fully saturated rings. The second-order valence-corrected chi connectivity index (χ2v) is 7.04. The van der Waals surface area contributed by atoms with Crippen LogP contribution in [0.3, 0.4) is 0 Å². The maximum absolute atomic E-state index is 14.3. The molecule has 1 rings (SSSR count). The molecule has 0 aromatic carbocycles. The minimum Gasteiger partial charge on any atom is -0.457 e. The Kier molecular flexibility index (Phi) is 12.8. The van der Waals surface area contributed by atoms with Gasteiger partial charge in [0.15, 0.2) is 0 Å². The Morgan fingerprint density at radius 1 is 1.11 bits per heavy atom. The fraction of sp³-hybridized carbons (Fsp3) is 0.810. The molecule has 0 saturated heterocycles. The Morgan fingerprint density at radius 3 is 2.07 bits per heavy atom. The van der Waals surface area contributed by atoms with Crippen molar-refractivity contribution < 1.29 is 27.1 Å². The number of nitrogens with zero attached hydrogens (tertiary/aromatic N) is 1. The van der Waals surface area contributed by atoms with Crippen LogP contribution in [0.15, 0.2) is 11.7 Å². The fourth-order valence-corrected chi connectivity index (χ4v) is 3.06. The molecular weight excluding hydrogens is 374 g/mol. The average molecular weight is 407 g/mol. The lowest BCUT2D eigenvalue weighted by Gasteiger charge is -2.30. The molecule has 0 radical (unpaired) electrons. The summed E-state index contributed by atoms with van der Waals surface area (Å²) in [6.45, 7) is 9.72. The molecular formula is C21H33F4NO2. The van der Waals surface area contributed by atoms with Crippen molar-refractivity contribution in [2.75, 3.05) is 0 Å². The zero-order chi connectivity index (χ0) is 21.9. The summed E-state index contributed by atoms with van der Waals surface area (Å²) in [6, 6.07) is 1.53. The molecule has 4 unspecified atom stereocenters. The van der Waals surface area contributed by atoms with Crippen LogP contribution >= 0.6 is 0 Å². The Hall–Kier alpha value is -1.58. The highest BCUT2D eigenvalue weighted by Gasteiger charge is 2.41. The molecule has 0 bridgehead atoms. The van der Waals surface area contributed by atoms with E-state index in [0.717, 1.165) is 6.42 Å². The van der Waals surface area contributed by atoms with E-state index in [1.54, 1.807) is 6.92 Å². The van der Waals surface area contributed by atoms with Gasteiger partial charge in [0.25, 0.3) is 0 Å². The minimum atomic E-state index is -1.81. The van der Waals surface area contributed by atoms with Crippen molar-refractivity contribution in [2.24, 2.45) is 17.8 Å². The van der Waals surface area contributed by atoms with Crippen LogP contribution in [0.25, 0.3) is 0 Å². The standard InChI is InChI=1S/C19H27F4NO2.C2H6/c1-4-11(3)6-7-12(5-2)17(22)18(23)19(25)26-13-8-15(20)14(10-24)16(21)9-13;1-2/h11-16H,4-9H2,1-3H3;1-2H3. The van der Waals surface area contributed by atoms with Gasteiger partial charge in [0.2, 0.25) is 5.83 Å². The number of carbonyl (C=O) groups is 1. The second kappa shape index (κ2) is 13.6. The largest absolute Gasteiger partial charge is 0.457 e. The predicted molar refractivity (Wildman–Crippen MR) is 101 cm³/mol. The molecule has 1 aliphatic carbocycles. The molecule has 28 heavy (non-hydrogen) atoms. The Morgan fingerprint density at radius 2 is 1.64 bits per heavy atom. The van der Waals surface area contributed by atoms with Crippen LogP contribution in [0.4, 0.5) is 17.6 Å². The lowest BCUT2D eigenvalue weighted by Crippen LogP contribution is -2.39. The van der Waals surface area contributed by atoms with Gasteiger partial charge in [0.05, 0.1) is 6.07 Å². The summed E-state index contributed by atoms with van der Waals surface area (Å²) < 4.78 is 60.6. The summed E-state index contributed by atoms with van der Waals surface area (Å²) >= 11 is 0. The van der Waals surface area contributed by atoms with E-state index in [1.807, 2.05) is 27.7 Å². The molecule has 0 N–H and O–H groups in total. The van der Waals surface area contributed by atoms with Crippen LogP contribution in [0, 0.1) is 29.1 Å². The van der Waals surface area contributed by atoms with E-state index in [-0.39, 0.29) is 0 Å². The third-order valence-corrected chi connectivity index (χ3v) is 5.12. The molecule has 3 nitrogen and oxygen atoms in total. The maximum atomic E-state index is 14.3. The molecule has 4 atom stereocenters. The number of rotatable bonds is 8. The van der Waals surface area contributed by atoms with Gasteiger partial charge in [-0.3, -0.25) is 0 Å². The van der Waals surface area contributed by atoms with Gasteiger partial charge in [-0.15, -0.1) is 0 Å². The van der Waals surface area contributed by atoms with Crippen molar-refractivity contribution in [2.45, 2.75) is 91.6 Å². The summed E-state index contributed by atoms with van der Waals surface area (Å²) in [5.74, 6) is -6.12. The van der Waals surface area contributed by atoms with Crippen LogP contribution in [0.2, 0.25) is 0 Å². The number of ether oxygens (including phenoxy) is 1. The normalized spacial score (nSPS) is 27.4. The monoisotopic (exact) mass is 407 g/mol. The molecule has 0 spiro atoms. The number of carbonyl (C=O) groups excluding carboxylic acids is 1. The zero-order valence-electron chi connectivity index (χ0n) is 17.5. The van der Waals surface area contributed by atoms with E-state index in [1.165, 1.54) is 6.07 Å². The van der Waals surface area contributed by atoms with Gasteiger partial charge in [-0.1, -0.05) is 47.5 Å². The summed E-state index contributed by atoms with van der Waals surface area (Å²) in [5, 5.41) is 8.70. The van der Waals surface area contributed by atoms with Crippen molar-refractivity contribution in [3.63, 3.8) is 0 Å². The van der Waals surface area contributed by atoms with Gasteiger partial charge in [-0.25, -0.2) is 18.0 Å². The Labute approximate surface area is 166 Å². The number of allylic oxidation sites excluding steroid dienone is 1. The second-order valence-electron chi connectivity index (χ2n) is 7.04. The highest BCUT2D eigenvalue weighted by molar-refractivity contribution is 5.86. The quantitative estimate of drug-likeness (QED) is 0.261. The number of halogens is 4. The predicted octanol–water partition coefficient (Wildman–Crippen LogP) is 6.54. The third kappa shape index (κ3) is 7.81. The van der Waals surface area contributed by atoms with Gasteiger partial charge >= 0.3 is 5.97 Å². The first-order valence-corrected chi connectivity index (χ1v) is 10.2. The van der Waals surface area contributed by atoms with Crippen LogP contribution in [-0.4, -0.2) is 24.4 Å². The molecule has 0 aromatic heterocycles. The number of alkyl halides is 2. The van der Waals surface area contributed by atoms with Crippen molar-refractivity contribution >= 4 is 5.97 Å². The minimum absolute atomic E-state index is 0.329. The molecule has 0 aliphatic heterocycles. The molecule has 162 valence electrons. The summed E-state index contributed by atoms with van der Waals surface area (Å²) in [4.78, 5) is 11.8. The van der Waals surface area contributed by atoms with Crippen molar-refractivity contribution in [3.8, 4) is 6.07 Å². The van der Waals surface area contributed by atoms with E-state index in [9.17, 15) is 22.4 Å². The summed E-state index contributed by atoms with van der Waals surface area (Å²) in [5.41, 5.74) is 0. The van der Waals surface area contributed by atoms with E-state index in [4.69, 9.17) is 10.00 Å². The topological polar surface area (TPSA) is 50.1 Å². The van der Waals surface area contributed by atoms with Crippen LogP contribution in [0.1, 0.15) is 73.1 Å². The maximum Gasteiger partial charge on any atom is 0.370 e. The van der Waals surface area contributed by atoms with Crippen LogP contribution < -0.4 is 0 Å². The summed E-state index contributed by atoms with van der Waals surface area (Å²) in [7, 11) is 0. The third-order valence-electron chi connectivity index (χ3n) is 5.12. The van der Waals surface area contributed by atoms with Gasteiger partial charge in [-0.2, -0.15) is 9.65 Å². The first-order valence-electron chi connectivity index (χ1n) is 10.2. The van der Waals surface area contributed by atoms with Gasteiger partial charge < -0.3 is 4.74 Å². The first-order chi connectivity index (χ1) is 13.2. The van der Waals surface area contributed by atoms with Crippen LogP contribution in [-0.2, 0) is 9.53 Å². The van der Waals surface area contributed by atoms with Crippen molar-refractivity contribution in [1.29, 1.82) is 5.26 Å². The SMILES string of the molecule is CC.CCC(C)CCC(CC)C(F)=C(F)C(=O)OC1CC(F)C(C#N)C(F)C1. The van der Waals surface area contributed by atoms with Gasteiger partial charge in [0, 0.05) is 18.8 Å². The van der Waals surface area contributed by atoms with E-state index in [0.29, 0.717) is 25.2 Å². The summed E-state index contributed by atoms with van der Waals surface area (Å²) in [6.07, 6.45) is -3.26. The number of nitriles is 1. The van der Waals surface area contributed by atoms with E-state index in [2.05, 4.69) is 0 Å². The zero-order valence-corrected chi connectivity index (χ0v) is 17.5. The van der Waals surface area contributed by atoms with E-state index < -0.39 is 60.7 Å². The lowest BCUT2D eigenvalue weighted by atomic mass is 9.85. The molecule has 1 aliphatic rings. The van der Waals surface area contributed by atoms with Crippen LogP contribution in [0.5, 0.6) is 0 Å². The van der Waals surface area contributed by atoms with Gasteiger partial charge in [-0.05, 0) is 18.8 Å². The average Bonchev–Trinajstić information content (AvgIpc) is 2.68. The number of esters is 1. The Balaban J connectivity index is 0.00000352. The molecule has 7 heteroatoms. The molecule has 0 heterocycles. The van der Waals surface area contributed by atoms with Gasteiger partial charge in [0.1, 0.15) is 30.2 Å².